The topological polar surface area (TPSA) is 61.4 Å². The van der Waals surface area contributed by atoms with Crippen LogP contribution < -0.4 is 10.0 Å². The summed E-state index contributed by atoms with van der Waals surface area (Å²) >= 11 is 0. The summed E-state index contributed by atoms with van der Waals surface area (Å²) in [5.41, 5.74) is 2.22. The minimum absolute atomic E-state index is 0.317. The second-order valence-corrected chi connectivity index (χ2v) is 7.36. The molecular formula is C15H27N3O2S. The first kappa shape index (κ1) is 18.1. The molecule has 0 radical (unpaired) electrons. The highest BCUT2D eigenvalue weighted by atomic mass is 32.2. The molecule has 0 spiro atoms. The first-order valence-electron chi connectivity index (χ1n) is 7.31. The number of benzene rings is 1. The maximum Gasteiger partial charge on any atom is 0.279 e. The summed E-state index contributed by atoms with van der Waals surface area (Å²) in [7, 11) is 0.0420. The second-order valence-electron chi connectivity index (χ2n) is 5.50. The molecule has 21 heavy (non-hydrogen) atoms. The van der Waals surface area contributed by atoms with Gasteiger partial charge < -0.3 is 5.32 Å². The van der Waals surface area contributed by atoms with Gasteiger partial charge in [0, 0.05) is 20.1 Å². The largest absolute Gasteiger partial charge is 0.320 e. The van der Waals surface area contributed by atoms with Gasteiger partial charge in [-0.15, -0.1) is 0 Å². The third-order valence-corrected chi connectivity index (χ3v) is 4.93. The zero-order valence-electron chi connectivity index (χ0n) is 13.4. The molecule has 0 aliphatic carbocycles. The first-order chi connectivity index (χ1) is 9.86. The molecule has 0 aliphatic heterocycles. The SMILES string of the molecule is CNCCCN(C)S(=O)(=O)NCc1ccc(C(C)C)cc1. The molecule has 0 bridgehead atoms. The summed E-state index contributed by atoms with van der Waals surface area (Å²) in [6.07, 6.45) is 0.789. The Hall–Kier alpha value is -0.950. The number of hydrogen-bond acceptors (Lipinski definition) is 3. The molecule has 0 unspecified atom stereocenters. The van der Waals surface area contributed by atoms with Crippen LogP contribution in [0.2, 0.25) is 0 Å². The van der Waals surface area contributed by atoms with Crippen molar-refractivity contribution in [3.8, 4) is 0 Å². The van der Waals surface area contributed by atoms with Gasteiger partial charge in [-0.1, -0.05) is 38.1 Å². The van der Waals surface area contributed by atoms with E-state index in [4.69, 9.17) is 0 Å². The Morgan fingerprint density at radius 2 is 1.81 bits per heavy atom. The minimum atomic E-state index is -3.41. The fourth-order valence-electron chi connectivity index (χ4n) is 1.90. The quantitative estimate of drug-likeness (QED) is 0.682. The number of nitrogens with zero attached hydrogens (tertiary/aromatic N) is 1. The molecule has 0 fully saturated rings. The van der Waals surface area contributed by atoms with E-state index in [2.05, 4.69) is 23.9 Å². The van der Waals surface area contributed by atoms with Crippen LogP contribution in [0.5, 0.6) is 0 Å². The van der Waals surface area contributed by atoms with Crippen LogP contribution in [0.25, 0.3) is 0 Å². The zero-order valence-corrected chi connectivity index (χ0v) is 14.2. The van der Waals surface area contributed by atoms with Crippen LogP contribution in [0.4, 0.5) is 0 Å². The van der Waals surface area contributed by atoms with Crippen LogP contribution in [-0.2, 0) is 16.8 Å². The molecule has 1 aromatic rings. The van der Waals surface area contributed by atoms with Gasteiger partial charge in [-0.3, -0.25) is 0 Å². The van der Waals surface area contributed by atoms with Crippen molar-refractivity contribution in [2.45, 2.75) is 32.7 Å². The summed E-state index contributed by atoms with van der Waals surface area (Å²) in [5, 5.41) is 3.00. The predicted molar refractivity (Wildman–Crippen MR) is 87.5 cm³/mol. The average Bonchev–Trinajstić information content (AvgIpc) is 2.45. The maximum absolute atomic E-state index is 12.1. The molecular weight excluding hydrogens is 286 g/mol. The molecule has 0 saturated heterocycles. The van der Waals surface area contributed by atoms with Gasteiger partial charge in [0.15, 0.2) is 0 Å². The molecule has 2 N–H and O–H groups in total. The van der Waals surface area contributed by atoms with Gasteiger partial charge in [0.1, 0.15) is 0 Å². The van der Waals surface area contributed by atoms with Gasteiger partial charge >= 0.3 is 0 Å². The lowest BCUT2D eigenvalue weighted by Crippen LogP contribution is -2.38. The molecule has 0 saturated carbocycles. The molecule has 1 aromatic carbocycles. The van der Waals surface area contributed by atoms with E-state index < -0.39 is 10.2 Å². The smallest absolute Gasteiger partial charge is 0.279 e. The third kappa shape index (κ3) is 6.13. The number of nitrogens with one attached hydrogen (secondary N) is 2. The van der Waals surface area contributed by atoms with Crippen molar-refractivity contribution in [2.24, 2.45) is 0 Å². The van der Waals surface area contributed by atoms with Crippen molar-refractivity contribution < 1.29 is 8.42 Å². The Morgan fingerprint density at radius 3 is 2.33 bits per heavy atom. The Morgan fingerprint density at radius 1 is 1.19 bits per heavy atom. The van der Waals surface area contributed by atoms with Gasteiger partial charge in [0.2, 0.25) is 0 Å². The monoisotopic (exact) mass is 313 g/mol. The lowest BCUT2D eigenvalue weighted by molar-refractivity contribution is 0.447. The van der Waals surface area contributed by atoms with Crippen LogP contribution in [-0.4, -0.2) is 39.9 Å². The van der Waals surface area contributed by atoms with E-state index >= 15 is 0 Å². The van der Waals surface area contributed by atoms with Gasteiger partial charge in [-0.25, -0.2) is 0 Å². The summed E-state index contributed by atoms with van der Waals surface area (Å²) in [4.78, 5) is 0. The van der Waals surface area contributed by atoms with E-state index in [1.165, 1.54) is 9.87 Å². The standard InChI is InChI=1S/C15H27N3O2S/c1-13(2)15-8-6-14(7-9-15)12-17-21(19,20)18(4)11-5-10-16-3/h6-9,13,16-17H,5,10-12H2,1-4H3. The van der Waals surface area contributed by atoms with Gasteiger partial charge in [-0.2, -0.15) is 17.4 Å². The highest BCUT2D eigenvalue weighted by molar-refractivity contribution is 7.87. The zero-order chi connectivity index (χ0) is 15.9. The van der Waals surface area contributed by atoms with Crippen molar-refractivity contribution in [3.63, 3.8) is 0 Å². The van der Waals surface area contributed by atoms with E-state index in [0.717, 1.165) is 18.5 Å². The summed E-state index contributed by atoms with van der Waals surface area (Å²) < 4.78 is 28.1. The number of rotatable bonds is 9. The van der Waals surface area contributed by atoms with Gasteiger partial charge in [-0.05, 0) is 37.1 Å². The molecule has 0 heterocycles. The van der Waals surface area contributed by atoms with E-state index in [9.17, 15) is 8.42 Å². The Bertz CT molecular complexity index is 512. The molecule has 0 atom stereocenters. The van der Waals surface area contributed by atoms with Gasteiger partial charge in [0.25, 0.3) is 10.2 Å². The van der Waals surface area contributed by atoms with E-state index in [1.54, 1.807) is 7.05 Å². The Kier molecular flexibility index (Phi) is 7.31. The highest BCUT2D eigenvalue weighted by Crippen LogP contribution is 2.14. The molecule has 6 heteroatoms. The minimum Gasteiger partial charge on any atom is -0.320 e. The van der Waals surface area contributed by atoms with Crippen LogP contribution in [0.3, 0.4) is 0 Å². The number of hydrogen-bond donors (Lipinski definition) is 2. The van der Waals surface area contributed by atoms with Crippen LogP contribution in [0.15, 0.2) is 24.3 Å². The molecule has 120 valence electrons. The van der Waals surface area contributed by atoms with E-state index in [1.807, 2.05) is 31.3 Å². The fourth-order valence-corrected chi connectivity index (χ4v) is 2.84. The Balaban J connectivity index is 2.52. The van der Waals surface area contributed by atoms with Gasteiger partial charge in [0.05, 0.1) is 0 Å². The lowest BCUT2D eigenvalue weighted by Gasteiger charge is -2.17. The highest BCUT2D eigenvalue weighted by Gasteiger charge is 2.16. The molecule has 0 aromatic heterocycles. The van der Waals surface area contributed by atoms with Crippen LogP contribution in [0.1, 0.15) is 37.3 Å². The van der Waals surface area contributed by atoms with Crippen molar-refractivity contribution >= 4 is 10.2 Å². The van der Waals surface area contributed by atoms with Crippen molar-refractivity contribution in [3.05, 3.63) is 35.4 Å². The lowest BCUT2D eigenvalue weighted by atomic mass is 10.0. The molecule has 1 rings (SSSR count). The predicted octanol–water partition coefficient (Wildman–Crippen LogP) is 1.69. The van der Waals surface area contributed by atoms with Crippen molar-refractivity contribution in [1.29, 1.82) is 0 Å². The van der Waals surface area contributed by atoms with Crippen molar-refractivity contribution in [2.75, 3.05) is 27.2 Å². The summed E-state index contributed by atoms with van der Waals surface area (Å²) in [5.74, 6) is 0.481. The molecule has 0 amide bonds. The maximum atomic E-state index is 12.1. The van der Waals surface area contributed by atoms with Crippen LogP contribution in [0, 0.1) is 0 Å². The second kappa shape index (κ2) is 8.48. The normalized spacial score (nSPS) is 12.3. The van der Waals surface area contributed by atoms with E-state index in [-0.39, 0.29) is 0 Å². The Labute approximate surface area is 128 Å². The van der Waals surface area contributed by atoms with Crippen LogP contribution >= 0.6 is 0 Å². The first-order valence-corrected chi connectivity index (χ1v) is 8.75. The van der Waals surface area contributed by atoms with Crippen molar-refractivity contribution in [1.82, 2.24) is 14.3 Å². The summed E-state index contributed by atoms with van der Waals surface area (Å²) in [6.45, 7) is 5.89. The summed E-state index contributed by atoms with van der Waals surface area (Å²) in [6, 6.07) is 8.04. The average molecular weight is 313 g/mol. The third-order valence-electron chi connectivity index (χ3n) is 3.42. The molecule has 0 aliphatic rings. The molecule has 5 nitrogen and oxygen atoms in total. The fraction of sp³-hybridized carbons (Fsp3) is 0.600. The van der Waals surface area contributed by atoms with E-state index in [0.29, 0.717) is 19.0 Å².